The third kappa shape index (κ3) is 3.87. The molecule has 2 heterocycles. The van der Waals surface area contributed by atoms with Gasteiger partial charge in [-0.1, -0.05) is 18.2 Å². The largest absolute Gasteiger partial charge is 0.465 e. The lowest BCUT2D eigenvalue weighted by atomic mass is 9.67. The van der Waals surface area contributed by atoms with E-state index in [1.807, 2.05) is 0 Å². The van der Waals surface area contributed by atoms with Crippen LogP contribution >= 0.6 is 0 Å². The number of nitrogens with zero attached hydrogens (tertiary/aromatic N) is 1. The number of carbonyl (C=O) groups excluding carboxylic acids is 4. The van der Waals surface area contributed by atoms with E-state index in [4.69, 9.17) is 29.4 Å². The molecule has 0 aromatic heterocycles. The average molecular weight is 474 g/mol. The number of allylic oxidation sites excluding steroid dienone is 1. The van der Waals surface area contributed by atoms with Crippen LogP contribution in [0.5, 0.6) is 0 Å². The summed E-state index contributed by atoms with van der Waals surface area (Å²) in [4.78, 5) is 53.9. The first-order valence-electron chi connectivity index (χ1n) is 10.5. The highest BCUT2D eigenvalue weighted by atomic mass is 16.6. The molecule has 34 heavy (non-hydrogen) atoms. The molecular weight excluding hydrogens is 448 g/mol. The molecule has 0 unspecified atom stereocenters. The van der Waals surface area contributed by atoms with Crippen LogP contribution in [-0.2, 0) is 48.3 Å². The van der Waals surface area contributed by atoms with Crippen molar-refractivity contribution in [1.82, 2.24) is 0 Å². The summed E-state index contributed by atoms with van der Waals surface area (Å²) in [5.74, 6) is -3.77. The predicted molar refractivity (Wildman–Crippen MR) is 117 cm³/mol. The minimum atomic E-state index is -2.06. The minimum absolute atomic E-state index is 0.0336. The number of methoxy groups -OCH3 is 2. The average Bonchev–Trinajstić information content (AvgIpc) is 3.02. The molecule has 1 atom stereocenters. The lowest BCUT2D eigenvalue weighted by molar-refractivity contribution is -0.144. The zero-order chi connectivity index (χ0) is 25.0. The molecule has 0 fully saturated rings. The first kappa shape index (κ1) is 24.8. The number of anilines is 1. The number of hydrogen-bond donors (Lipinski definition) is 1. The molecule has 11 heteroatoms. The third-order valence-electron chi connectivity index (χ3n) is 5.48. The van der Waals surface area contributed by atoms with Crippen LogP contribution in [0, 0.1) is 0 Å². The van der Waals surface area contributed by atoms with E-state index in [1.165, 1.54) is 14.0 Å². The van der Waals surface area contributed by atoms with Gasteiger partial charge in [-0.2, -0.15) is 0 Å². The number of hydrogen-bond acceptors (Lipinski definition) is 10. The molecular formula is C23H26N2O9. The highest BCUT2D eigenvalue weighted by Crippen LogP contribution is 2.54. The van der Waals surface area contributed by atoms with Crippen molar-refractivity contribution in [3.8, 4) is 0 Å². The van der Waals surface area contributed by atoms with E-state index in [-0.39, 0.29) is 42.3 Å². The second-order valence-corrected chi connectivity index (χ2v) is 7.36. The van der Waals surface area contributed by atoms with Crippen molar-refractivity contribution in [2.24, 2.45) is 5.73 Å². The Bertz CT molecular complexity index is 1090. The summed E-state index contributed by atoms with van der Waals surface area (Å²) in [5.41, 5.74) is 3.93. The molecule has 182 valence electrons. The van der Waals surface area contributed by atoms with Gasteiger partial charge < -0.3 is 29.4 Å². The Balaban J connectivity index is 2.29. The Morgan fingerprint density at radius 2 is 1.76 bits per heavy atom. The van der Waals surface area contributed by atoms with Crippen molar-refractivity contribution in [2.75, 3.05) is 45.5 Å². The fraction of sp³-hybridized carbons (Fsp3) is 0.391. The van der Waals surface area contributed by atoms with Gasteiger partial charge in [0.25, 0.3) is 0 Å². The molecule has 0 aliphatic carbocycles. The zero-order valence-corrected chi connectivity index (χ0v) is 19.3. The number of rotatable bonds is 8. The van der Waals surface area contributed by atoms with Gasteiger partial charge in [0.15, 0.2) is 0 Å². The first-order valence-corrected chi connectivity index (χ1v) is 10.5. The second kappa shape index (κ2) is 9.96. The van der Waals surface area contributed by atoms with E-state index >= 15 is 0 Å². The fourth-order valence-corrected chi connectivity index (χ4v) is 4.21. The summed E-state index contributed by atoms with van der Waals surface area (Å²) in [6.45, 7) is 2.71. The highest BCUT2D eigenvalue weighted by molar-refractivity contribution is 6.23. The van der Waals surface area contributed by atoms with E-state index in [0.29, 0.717) is 5.69 Å². The molecule has 0 bridgehead atoms. The molecule has 1 aromatic carbocycles. The van der Waals surface area contributed by atoms with Gasteiger partial charge in [-0.05, 0) is 19.9 Å². The van der Waals surface area contributed by atoms with Crippen LogP contribution in [0.25, 0.3) is 0 Å². The fourth-order valence-electron chi connectivity index (χ4n) is 4.21. The van der Waals surface area contributed by atoms with E-state index in [1.54, 1.807) is 31.2 Å². The maximum Gasteiger partial charge on any atom is 0.340 e. The first-order chi connectivity index (χ1) is 16.2. The smallest absolute Gasteiger partial charge is 0.340 e. The summed E-state index contributed by atoms with van der Waals surface area (Å²) in [5, 5.41) is 0. The van der Waals surface area contributed by atoms with Crippen LogP contribution < -0.4 is 10.6 Å². The van der Waals surface area contributed by atoms with Gasteiger partial charge >= 0.3 is 17.9 Å². The molecule has 0 saturated heterocycles. The Hall–Kier alpha value is -3.86. The van der Waals surface area contributed by atoms with E-state index < -0.39 is 41.7 Å². The van der Waals surface area contributed by atoms with Crippen molar-refractivity contribution < 1.29 is 42.9 Å². The van der Waals surface area contributed by atoms with Gasteiger partial charge in [-0.15, -0.1) is 0 Å². The van der Waals surface area contributed by atoms with Crippen LogP contribution in [0.4, 0.5) is 5.69 Å². The van der Waals surface area contributed by atoms with Crippen molar-refractivity contribution in [1.29, 1.82) is 0 Å². The molecule has 1 aromatic rings. The Morgan fingerprint density at radius 1 is 1.06 bits per heavy atom. The topological polar surface area (TPSA) is 144 Å². The summed E-state index contributed by atoms with van der Waals surface area (Å²) >= 11 is 0. The number of ether oxygens (including phenoxy) is 5. The van der Waals surface area contributed by atoms with Crippen molar-refractivity contribution in [3.05, 3.63) is 52.6 Å². The lowest BCUT2D eigenvalue weighted by Gasteiger charge is -2.36. The molecule has 1 spiro atoms. The highest BCUT2D eigenvalue weighted by Gasteiger charge is 2.64. The maximum absolute atomic E-state index is 14.1. The van der Waals surface area contributed by atoms with Crippen LogP contribution in [0.2, 0.25) is 0 Å². The quantitative estimate of drug-likeness (QED) is 0.324. The normalized spacial score (nSPS) is 19.2. The lowest BCUT2D eigenvalue weighted by Crippen LogP contribution is -2.51. The van der Waals surface area contributed by atoms with Gasteiger partial charge in [-0.25, -0.2) is 9.59 Å². The maximum atomic E-state index is 14.1. The molecule has 0 saturated carbocycles. The van der Waals surface area contributed by atoms with Crippen LogP contribution in [0.1, 0.15) is 19.4 Å². The van der Waals surface area contributed by atoms with E-state index in [9.17, 15) is 19.2 Å². The van der Waals surface area contributed by atoms with Gasteiger partial charge in [0.1, 0.15) is 35.5 Å². The monoisotopic (exact) mass is 474 g/mol. The zero-order valence-electron chi connectivity index (χ0n) is 19.3. The van der Waals surface area contributed by atoms with E-state index in [2.05, 4.69) is 0 Å². The molecule has 2 N–H and O–H groups in total. The van der Waals surface area contributed by atoms with Crippen molar-refractivity contribution in [2.45, 2.75) is 19.3 Å². The summed E-state index contributed by atoms with van der Waals surface area (Å²) in [6.07, 6.45) is 0. The van der Waals surface area contributed by atoms with Crippen LogP contribution in [0.3, 0.4) is 0 Å². The van der Waals surface area contributed by atoms with Gasteiger partial charge in [0, 0.05) is 18.4 Å². The number of amides is 1. The van der Waals surface area contributed by atoms with Gasteiger partial charge in [0.2, 0.25) is 11.8 Å². The molecule has 2 aliphatic heterocycles. The standard InChI is InChI=1S/C23H26N2O9/c1-5-32-16(26)12-25-15-9-7-6-8-14(15)23(22(25)29)17(21(28)33-11-10-30-3)13(2)34-19(24)18(23)20(27)31-4/h6-9H,5,10-12,24H2,1-4H3/t23-/m0/s1. The second-order valence-electron chi connectivity index (χ2n) is 7.36. The molecule has 1 amide bonds. The Morgan fingerprint density at radius 3 is 2.41 bits per heavy atom. The molecule has 11 nitrogen and oxygen atoms in total. The predicted octanol–water partition coefficient (Wildman–Crippen LogP) is 0.671. The van der Waals surface area contributed by atoms with Crippen molar-refractivity contribution >= 4 is 29.5 Å². The number of esters is 3. The van der Waals surface area contributed by atoms with Crippen LogP contribution in [-0.4, -0.2) is 64.4 Å². The van der Waals surface area contributed by atoms with E-state index in [0.717, 1.165) is 12.0 Å². The number of nitrogens with two attached hydrogens (primary N) is 1. The summed E-state index contributed by atoms with van der Waals surface area (Å²) < 4.78 is 25.7. The Kier molecular flexibility index (Phi) is 7.26. The number of benzene rings is 1. The van der Waals surface area contributed by atoms with Gasteiger partial charge in [0.05, 0.1) is 20.3 Å². The van der Waals surface area contributed by atoms with Gasteiger partial charge in [-0.3, -0.25) is 14.5 Å². The van der Waals surface area contributed by atoms with Crippen LogP contribution in [0.15, 0.2) is 47.1 Å². The molecule has 0 radical (unpaired) electrons. The third-order valence-corrected chi connectivity index (χ3v) is 5.48. The SMILES string of the molecule is CCOC(=O)CN1C(=O)[C@]2(C(C(=O)OCCOC)=C(C)OC(N)=C2C(=O)OC)c2ccccc21. The Labute approximate surface area is 196 Å². The number of para-hydroxylation sites is 1. The molecule has 2 aliphatic rings. The van der Waals surface area contributed by atoms with Crippen molar-refractivity contribution in [3.63, 3.8) is 0 Å². The molecule has 3 rings (SSSR count). The minimum Gasteiger partial charge on any atom is -0.465 e. The number of carbonyl (C=O) groups is 4. The summed E-state index contributed by atoms with van der Waals surface area (Å²) in [7, 11) is 2.55. The number of fused-ring (bicyclic) bond motifs is 2. The summed E-state index contributed by atoms with van der Waals surface area (Å²) in [6, 6.07) is 6.44.